The van der Waals surface area contributed by atoms with Crippen molar-refractivity contribution in [3.63, 3.8) is 0 Å². The lowest BCUT2D eigenvalue weighted by Gasteiger charge is -2.16. The zero-order chi connectivity index (χ0) is 33.5. The molecule has 2 aromatic rings. The Bertz CT molecular complexity index is 1000. The average molecular weight is 671 g/mol. The molecule has 0 aromatic heterocycles. The van der Waals surface area contributed by atoms with Crippen molar-refractivity contribution >= 4 is 27.4 Å². The number of unbranched alkanes of at least 4 members (excludes halogenated alkanes) is 6. The maximum Gasteiger partial charge on any atom is 0.118 e. The van der Waals surface area contributed by atoms with Crippen LogP contribution in [0.25, 0.3) is 0 Å². The number of terminal acetylenes is 1. The summed E-state index contributed by atoms with van der Waals surface area (Å²) in [6.45, 7) is 13.9. The molecule has 0 spiro atoms. The standard InChI is InChI=1S/C17H11ClO.2C12H27P/c1-3-15-9-6-14(12-17(15)18)5-4-13-7-10-16(19-2)11-8-13;2*1-4-7-10-13(11-8-5-2)12-9-6-3/h1,6-12H,2H3;2*4-12H2,1-3H3. The summed E-state index contributed by atoms with van der Waals surface area (Å²) in [7, 11) is 2.48. The van der Waals surface area contributed by atoms with E-state index in [1.807, 2.05) is 30.3 Å². The van der Waals surface area contributed by atoms with E-state index in [1.165, 1.54) is 77.0 Å². The summed E-state index contributed by atoms with van der Waals surface area (Å²) in [5.41, 5.74) is 2.43. The Labute approximate surface area is 287 Å². The third-order valence-electron chi connectivity index (χ3n) is 7.53. The third kappa shape index (κ3) is 23.5. The van der Waals surface area contributed by atoms with Crippen LogP contribution in [0.3, 0.4) is 0 Å². The lowest BCUT2D eigenvalue weighted by atomic mass is 10.1. The minimum Gasteiger partial charge on any atom is -0.497 e. The van der Waals surface area contributed by atoms with Crippen molar-refractivity contribution in [3.8, 4) is 29.9 Å². The predicted molar refractivity (Wildman–Crippen MR) is 211 cm³/mol. The minimum absolute atomic E-state index is 0.422. The van der Waals surface area contributed by atoms with E-state index in [-0.39, 0.29) is 0 Å². The molecule has 0 bridgehead atoms. The average Bonchev–Trinajstić information content (AvgIpc) is 3.07. The third-order valence-corrected chi connectivity index (χ3v) is 13.5. The Morgan fingerprint density at radius 1 is 0.578 bits per heavy atom. The Kier molecular flexibility index (Phi) is 30.1. The highest BCUT2D eigenvalue weighted by atomic mass is 35.5. The van der Waals surface area contributed by atoms with Gasteiger partial charge in [0, 0.05) is 16.7 Å². The highest BCUT2D eigenvalue weighted by Gasteiger charge is 2.06. The maximum absolute atomic E-state index is 6.02. The summed E-state index contributed by atoms with van der Waals surface area (Å²) in [5, 5.41) is 0.545. The van der Waals surface area contributed by atoms with Gasteiger partial charge in [0.1, 0.15) is 5.75 Å². The monoisotopic (exact) mass is 670 g/mol. The van der Waals surface area contributed by atoms with Gasteiger partial charge in [-0.05, 0) is 118 Å². The summed E-state index contributed by atoms with van der Waals surface area (Å²) < 4.78 is 5.09. The molecule has 45 heavy (non-hydrogen) atoms. The number of rotatable bonds is 19. The highest BCUT2D eigenvalue weighted by molar-refractivity contribution is 7.57. The first kappa shape index (κ1) is 43.5. The Balaban J connectivity index is 0.000000668. The Morgan fingerprint density at radius 2 is 0.933 bits per heavy atom. The van der Waals surface area contributed by atoms with Gasteiger partial charge < -0.3 is 4.74 Å². The van der Waals surface area contributed by atoms with Gasteiger partial charge in [-0.25, -0.2) is 0 Å². The summed E-state index contributed by atoms with van der Waals surface area (Å²) in [5.74, 6) is 9.43. The number of hydrogen-bond donors (Lipinski definition) is 0. The van der Waals surface area contributed by atoms with Crippen molar-refractivity contribution < 1.29 is 4.74 Å². The second kappa shape index (κ2) is 31.1. The van der Waals surface area contributed by atoms with E-state index < -0.39 is 0 Å². The van der Waals surface area contributed by atoms with Crippen molar-refractivity contribution in [2.75, 3.05) is 44.1 Å². The topological polar surface area (TPSA) is 9.23 Å². The normalized spacial score (nSPS) is 10.2. The van der Waals surface area contributed by atoms with Crippen LogP contribution in [0.1, 0.15) is 135 Å². The van der Waals surface area contributed by atoms with Gasteiger partial charge in [0.15, 0.2) is 0 Å². The van der Waals surface area contributed by atoms with Crippen LogP contribution in [-0.4, -0.2) is 44.1 Å². The van der Waals surface area contributed by atoms with E-state index in [2.05, 4.69) is 59.3 Å². The molecule has 2 rings (SSSR count). The van der Waals surface area contributed by atoms with Crippen LogP contribution in [0.4, 0.5) is 0 Å². The van der Waals surface area contributed by atoms with Gasteiger partial charge >= 0.3 is 0 Å². The van der Waals surface area contributed by atoms with Crippen LogP contribution in [0.5, 0.6) is 5.75 Å². The van der Waals surface area contributed by atoms with Crippen LogP contribution in [0.2, 0.25) is 5.02 Å². The Hall–Kier alpha value is -1.49. The molecule has 0 N–H and O–H groups in total. The fourth-order valence-corrected chi connectivity index (χ4v) is 10.6. The molecule has 0 aliphatic heterocycles. The number of benzene rings is 2. The number of halogens is 1. The van der Waals surface area contributed by atoms with E-state index in [4.69, 9.17) is 22.8 Å². The molecule has 0 atom stereocenters. The first-order chi connectivity index (χ1) is 21.9. The van der Waals surface area contributed by atoms with Gasteiger partial charge in [0.25, 0.3) is 0 Å². The number of methoxy groups -OCH3 is 1. The molecule has 0 amide bonds. The molecular weight excluding hydrogens is 606 g/mol. The highest BCUT2D eigenvalue weighted by Crippen LogP contribution is 2.39. The summed E-state index contributed by atoms with van der Waals surface area (Å²) in [4.78, 5) is 0. The molecule has 0 radical (unpaired) electrons. The predicted octanol–water partition coefficient (Wildman–Crippen LogP) is 13.5. The molecule has 4 heteroatoms. The molecule has 252 valence electrons. The summed E-state index contributed by atoms with van der Waals surface area (Å²) >= 11 is 6.02. The molecule has 2 aromatic carbocycles. The van der Waals surface area contributed by atoms with Crippen molar-refractivity contribution in [2.24, 2.45) is 0 Å². The van der Waals surface area contributed by atoms with E-state index in [0.29, 0.717) is 26.4 Å². The lowest BCUT2D eigenvalue weighted by molar-refractivity contribution is 0.415. The SMILES string of the molecule is C#Cc1ccc(C#Cc2ccc(OC)cc2)cc1Cl.CCCCP(CCCC)CCCC.CCCCP(CCCC)CCCC. The first-order valence-corrected chi connectivity index (χ1v) is 22.0. The fourth-order valence-electron chi connectivity index (χ4n) is 4.49. The van der Waals surface area contributed by atoms with Crippen molar-refractivity contribution in [1.82, 2.24) is 0 Å². The number of ether oxygens (including phenoxy) is 1. The lowest BCUT2D eigenvalue weighted by Crippen LogP contribution is -1.95. The van der Waals surface area contributed by atoms with Gasteiger partial charge in [-0.3, -0.25) is 0 Å². The van der Waals surface area contributed by atoms with Crippen LogP contribution < -0.4 is 4.74 Å². The number of hydrogen-bond acceptors (Lipinski definition) is 1. The zero-order valence-electron chi connectivity index (χ0n) is 30.0. The molecule has 0 aliphatic rings. The van der Waals surface area contributed by atoms with E-state index in [0.717, 1.165) is 16.9 Å². The van der Waals surface area contributed by atoms with E-state index >= 15 is 0 Å². The molecule has 0 saturated heterocycles. The molecular formula is C41H65ClOP2. The fraction of sp³-hybridized carbons (Fsp3) is 0.610. The summed E-state index contributed by atoms with van der Waals surface area (Å²) in [6.07, 6.45) is 31.7. The molecule has 0 fully saturated rings. The zero-order valence-corrected chi connectivity index (χ0v) is 32.6. The van der Waals surface area contributed by atoms with Gasteiger partial charge in [0.05, 0.1) is 12.1 Å². The quantitative estimate of drug-likeness (QED) is 0.107. The first-order valence-electron chi connectivity index (χ1n) is 17.8. The van der Waals surface area contributed by atoms with Crippen LogP contribution in [0.15, 0.2) is 42.5 Å². The minimum atomic E-state index is 0.422. The smallest absolute Gasteiger partial charge is 0.118 e. The van der Waals surface area contributed by atoms with Crippen LogP contribution >= 0.6 is 27.4 Å². The van der Waals surface area contributed by atoms with E-state index in [9.17, 15) is 0 Å². The van der Waals surface area contributed by atoms with Crippen LogP contribution in [0, 0.1) is 24.2 Å². The maximum atomic E-state index is 6.02. The van der Waals surface area contributed by atoms with Crippen molar-refractivity contribution in [3.05, 3.63) is 64.2 Å². The molecule has 0 saturated carbocycles. The molecule has 0 aliphatic carbocycles. The van der Waals surface area contributed by atoms with Gasteiger partial charge in [-0.15, -0.1) is 22.3 Å². The van der Waals surface area contributed by atoms with Gasteiger partial charge in [-0.1, -0.05) is 109 Å². The molecule has 0 heterocycles. The second-order valence-corrected chi connectivity index (χ2v) is 17.4. The molecule has 0 unspecified atom stereocenters. The second-order valence-electron chi connectivity index (χ2n) is 11.6. The van der Waals surface area contributed by atoms with E-state index in [1.54, 1.807) is 56.2 Å². The molecule has 1 nitrogen and oxygen atoms in total. The Morgan fingerprint density at radius 3 is 1.24 bits per heavy atom. The van der Waals surface area contributed by atoms with Gasteiger partial charge in [-0.2, -0.15) is 0 Å². The van der Waals surface area contributed by atoms with Crippen LogP contribution in [-0.2, 0) is 0 Å². The largest absolute Gasteiger partial charge is 0.497 e. The van der Waals surface area contributed by atoms with Gasteiger partial charge in [0.2, 0.25) is 0 Å². The van der Waals surface area contributed by atoms with Crippen molar-refractivity contribution in [2.45, 2.75) is 119 Å². The van der Waals surface area contributed by atoms with Crippen molar-refractivity contribution in [1.29, 1.82) is 0 Å². The summed E-state index contributed by atoms with van der Waals surface area (Å²) in [6, 6.07) is 13.0.